The summed E-state index contributed by atoms with van der Waals surface area (Å²) in [5.41, 5.74) is 7.51. The minimum Gasteiger partial charge on any atom is -0.366 e. The normalized spacial score (nSPS) is 10.1. The summed E-state index contributed by atoms with van der Waals surface area (Å²) in [6.45, 7) is 0. The first-order valence-electron chi connectivity index (χ1n) is 10.5. The maximum absolute atomic E-state index is 11.8. The number of nitrogens with two attached hydrogens (primary N) is 1. The zero-order chi connectivity index (χ0) is 22.9. The molecule has 0 bridgehead atoms. The molecule has 0 radical (unpaired) electrons. The third-order valence-corrected chi connectivity index (χ3v) is 4.82. The number of primary amides is 1. The molecule has 0 unspecified atom stereocenters. The van der Waals surface area contributed by atoms with Gasteiger partial charge in [-0.05, 0) is 40.9 Å². The first-order chi connectivity index (χ1) is 16.2. The molecule has 0 saturated heterocycles. The van der Waals surface area contributed by atoms with Gasteiger partial charge in [0.2, 0.25) is 5.91 Å². The predicted octanol–water partition coefficient (Wildman–Crippen LogP) is 5.17. The molecule has 4 rings (SSSR count). The Labute approximate surface area is 191 Å². The molecular formula is C27H23N5O. The molecule has 6 nitrogen and oxygen atoms in total. The Morgan fingerprint density at radius 1 is 0.697 bits per heavy atom. The van der Waals surface area contributed by atoms with Gasteiger partial charge in [-0.25, -0.2) is 4.52 Å². The first-order valence-corrected chi connectivity index (χ1v) is 10.5. The van der Waals surface area contributed by atoms with Gasteiger partial charge >= 0.3 is 0 Å². The fourth-order valence-corrected chi connectivity index (χ4v) is 3.27. The molecule has 1 aromatic carbocycles. The average Bonchev–Trinajstić information content (AvgIpc) is 3.24. The van der Waals surface area contributed by atoms with E-state index in [2.05, 4.69) is 16.4 Å². The van der Waals surface area contributed by atoms with Gasteiger partial charge in [-0.3, -0.25) is 4.79 Å². The zero-order valence-electron chi connectivity index (χ0n) is 17.9. The molecule has 0 saturated carbocycles. The Morgan fingerprint density at radius 2 is 1.30 bits per heavy atom. The van der Waals surface area contributed by atoms with Crippen LogP contribution in [-0.2, 0) is 0 Å². The van der Waals surface area contributed by atoms with Crippen LogP contribution in [0.2, 0.25) is 0 Å². The number of amides is 1. The SMILES string of the molecule is NC(=O)c1cccccccccccccn2nnc3c4ccccc4cc(ccc1)n32. The van der Waals surface area contributed by atoms with Crippen molar-refractivity contribution in [3.05, 3.63) is 133 Å². The number of hydrogen-bond acceptors (Lipinski definition) is 3. The van der Waals surface area contributed by atoms with Crippen molar-refractivity contribution in [2.75, 3.05) is 0 Å². The first kappa shape index (κ1) is 21.5. The smallest absolute Gasteiger partial charge is 0.248 e. The number of rotatable bonds is 1. The molecule has 6 heteroatoms. The lowest BCUT2D eigenvalue weighted by Gasteiger charge is -2.02. The second-order valence-corrected chi connectivity index (χ2v) is 7.08. The Balaban J connectivity index is 2.04. The van der Waals surface area contributed by atoms with Crippen LogP contribution < -0.4 is 5.73 Å². The minimum absolute atomic E-state index is 0.391. The van der Waals surface area contributed by atoms with Crippen LogP contribution in [0.3, 0.4) is 0 Å². The maximum atomic E-state index is 11.8. The van der Waals surface area contributed by atoms with Crippen LogP contribution in [0.5, 0.6) is 0 Å². The van der Waals surface area contributed by atoms with Gasteiger partial charge in [-0.15, -0.1) is 5.10 Å². The van der Waals surface area contributed by atoms with E-state index in [1.54, 1.807) is 28.9 Å². The number of carbonyl (C=O) groups is 1. The molecule has 0 aliphatic heterocycles. The Hall–Kier alpha value is -4.71. The van der Waals surface area contributed by atoms with Gasteiger partial charge in [-0.2, -0.15) is 4.63 Å². The molecule has 33 heavy (non-hydrogen) atoms. The fraction of sp³-hybridized carbons (Fsp3) is 0. The lowest BCUT2D eigenvalue weighted by Crippen LogP contribution is -2.09. The summed E-state index contributed by atoms with van der Waals surface area (Å²) >= 11 is 0. The van der Waals surface area contributed by atoms with E-state index in [1.807, 2.05) is 102 Å². The lowest BCUT2D eigenvalue weighted by atomic mass is 10.1. The summed E-state index contributed by atoms with van der Waals surface area (Å²) < 4.78 is 3.58. The number of tetrazole rings is 1. The Bertz CT molecular complexity index is 1520. The highest BCUT2D eigenvalue weighted by Crippen LogP contribution is 2.20. The summed E-state index contributed by atoms with van der Waals surface area (Å²) in [4.78, 5) is 11.8. The Morgan fingerprint density at radius 3 is 2.03 bits per heavy atom. The highest BCUT2D eigenvalue weighted by molar-refractivity contribution is 5.96. The van der Waals surface area contributed by atoms with Gasteiger partial charge in [0.1, 0.15) is 0 Å². The predicted molar refractivity (Wildman–Crippen MR) is 132 cm³/mol. The fourth-order valence-electron chi connectivity index (χ4n) is 3.27. The van der Waals surface area contributed by atoms with Crippen LogP contribution >= 0.6 is 0 Å². The molecule has 162 valence electrons. The molecule has 0 spiro atoms. The van der Waals surface area contributed by atoms with Crippen molar-refractivity contribution in [1.29, 1.82) is 0 Å². The maximum Gasteiger partial charge on any atom is 0.248 e. The molecule has 3 aromatic heterocycles. The van der Waals surface area contributed by atoms with Crippen LogP contribution in [0.25, 0.3) is 21.9 Å². The molecular weight excluding hydrogens is 410 g/mol. The molecule has 3 heterocycles. The van der Waals surface area contributed by atoms with E-state index in [9.17, 15) is 4.79 Å². The van der Waals surface area contributed by atoms with Crippen molar-refractivity contribution in [2.24, 2.45) is 5.73 Å². The molecule has 0 aliphatic rings. The van der Waals surface area contributed by atoms with Crippen LogP contribution in [0.15, 0.2) is 128 Å². The monoisotopic (exact) mass is 433 g/mol. The third kappa shape index (κ3) is 5.32. The molecule has 0 fully saturated rings. The van der Waals surface area contributed by atoms with Gasteiger partial charge in [0.15, 0.2) is 5.65 Å². The Kier molecular flexibility index (Phi) is 6.88. The summed E-state index contributed by atoms with van der Waals surface area (Å²) in [5.74, 6) is -0.502. The number of aromatic nitrogens is 4. The highest BCUT2D eigenvalue weighted by atomic mass is 16.1. The standard InChI is InChI=1S/C27H23N5O/c28-26(33)22-15-10-8-6-4-2-1-3-5-7-9-13-20-31-30-29-27-25-19-12-11-16-23(25)21-24(32(27)31)18-14-17-22/h1-21H,(H2,28,33). The number of hydrogen-bond donors (Lipinski definition) is 1. The molecule has 2 N–H and O–H groups in total. The van der Waals surface area contributed by atoms with E-state index in [0.29, 0.717) is 5.56 Å². The molecule has 0 atom stereocenters. The quantitative estimate of drug-likeness (QED) is 0.450. The number of nitrogens with zero attached hydrogens (tertiary/aromatic N) is 4. The van der Waals surface area contributed by atoms with Crippen molar-refractivity contribution in [3.63, 3.8) is 0 Å². The van der Waals surface area contributed by atoms with E-state index >= 15 is 0 Å². The van der Waals surface area contributed by atoms with Crippen molar-refractivity contribution < 1.29 is 4.79 Å². The van der Waals surface area contributed by atoms with E-state index in [1.165, 1.54) is 0 Å². The van der Waals surface area contributed by atoms with Crippen LogP contribution in [0.1, 0.15) is 10.4 Å². The third-order valence-electron chi connectivity index (χ3n) is 4.82. The summed E-state index contributed by atoms with van der Waals surface area (Å²) in [7, 11) is 0. The summed E-state index contributed by atoms with van der Waals surface area (Å²) in [5, 5.41) is 10.7. The largest absolute Gasteiger partial charge is 0.366 e. The van der Waals surface area contributed by atoms with Crippen molar-refractivity contribution in [3.8, 4) is 0 Å². The van der Waals surface area contributed by atoms with E-state index in [4.69, 9.17) is 5.73 Å². The van der Waals surface area contributed by atoms with Crippen LogP contribution in [-0.4, -0.2) is 25.4 Å². The van der Waals surface area contributed by atoms with E-state index < -0.39 is 5.91 Å². The number of benzene rings is 1. The molecule has 4 aromatic rings. The van der Waals surface area contributed by atoms with Gasteiger partial charge in [0, 0.05) is 17.1 Å². The molecule has 0 aliphatic carbocycles. The van der Waals surface area contributed by atoms with E-state index in [0.717, 1.165) is 21.9 Å². The van der Waals surface area contributed by atoms with Crippen molar-refractivity contribution in [1.82, 2.24) is 19.5 Å². The van der Waals surface area contributed by atoms with Crippen LogP contribution in [0.4, 0.5) is 0 Å². The van der Waals surface area contributed by atoms with Gasteiger partial charge < -0.3 is 5.73 Å². The topological polar surface area (TPSA) is 77.7 Å². The highest BCUT2D eigenvalue weighted by Gasteiger charge is 2.06. The molecule has 1 amide bonds. The second-order valence-electron chi connectivity index (χ2n) is 7.08. The summed E-state index contributed by atoms with van der Waals surface area (Å²) in [6, 6.07) is 38.0. The summed E-state index contributed by atoms with van der Waals surface area (Å²) in [6.07, 6.45) is 1.83. The zero-order valence-corrected chi connectivity index (χ0v) is 17.9. The van der Waals surface area contributed by atoms with Crippen molar-refractivity contribution >= 4 is 27.8 Å². The number of carbonyl (C=O) groups excluding carboxylic acids is 1. The van der Waals surface area contributed by atoms with Gasteiger partial charge in [0.05, 0.1) is 5.52 Å². The number of pyridine rings is 1. The second kappa shape index (κ2) is 10.5. The van der Waals surface area contributed by atoms with Crippen molar-refractivity contribution in [2.45, 2.75) is 0 Å². The minimum atomic E-state index is -0.502. The van der Waals surface area contributed by atoms with Crippen LogP contribution in [0, 0.1) is 0 Å². The van der Waals surface area contributed by atoms with Gasteiger partial charge in [-0.1, -0.05) is 91.0 Å². The van der Waals surface area contributed by atoms with Gasteiger partial charge in [0.25, 0.3) is 0 Å². The average molecular weight is 434 g/mol. The lowest BCUT2D eigenvalue weighted by molar-refractivity contribution is 0.100. The van der Waals surface area contributed by atoms with E-state index in [-0.39, 0.29) is 0 Å². The number of fused-ring (bicyclic) bond motifs is 2.